The van der Waals surface area contributed by atoms with Crippen molar-refractivity contribution in [2.45, 2.75) is 0 Å². The maximum atomic E-state index is 6.31. The Labute approximate surface area is 123 Å². The first-order valence-electron chi connectivity index (χ1n) is 6.33. The monoisotopic (exact) mass is 280 g/mol. The van der Waals surface area contributed by atoms with Crippen molar-refractivity contribution in [1.29, 1.82) is 0 Å². The Kier molecular flexibility index (Phi) is 3.66. The molecule has 0 atom stereocenters. The zero-order valence-corrected chi connectivity index (χ0v) is 11.5. The van der Waals surface area contributed by atoms with Crippen LogP contribution in [0.2, 0.25) is 0 Å². The molecule has 0 fully saturated rings. The van der Waals surface area contributed by atoms with Crippen molar-refractivity contribution >= 4 is 22.8 Å². The minimum atomic E-state index is 0.683. The summed E-state index contributed by atoms with van der Waals surface area (Å²) < 4.78 is 1.83. The first kappa shape index (κ1) is 12.7. The second-order valence-electron chi connectivity index (χ2n) is 4.43. The quantitative estimate of drug-likeness (QED) is 0.677. The van der Waals surface area contributed by atoms with Gasteiger partial charge in [0.05, 0.1) is 11.4 Å². The lowest BCUT2D eigenvalue weighted by atomic mass is 10.0. The lowest BCUT2D eigenvalue weighted by Crippen LogP contribution is -1.84. The molecule has 20 heavy (non-hydrogen) atoms. The van der Waals surface area contributed by atoms with Crippen LogP contribution in [-0.2, 0) is 0 Å². The number of benzene rings is 2. The third-order valence-corrected chi connectivity index (χ3v) is 3.37. The SMILES string of the molecule is Cl/C(=C/n1ccnc1)c1ccc(-c2ccccc2)cc1. The molecule has 3 rings (SSSR count). The van der Waals surface area contributed by atoms with Gasteiger partial charge in [-0.05, 0) is 16.7 Å². The van der Waals surface area contributed by atoms with Gasteiger partial charge < -0.3 is 4.57 Å². The number of halogens is 1. The summed E-state index contributed by atoms with van der Waals surface area (Å²) in [7, 11) is 0. The molecule has 0 amide bonds. The van der Waals surface area contributed by atoms with Gasteiger partial charge in [0.25, 0.3) is 0 Å². The summed E-state index contributed by atoms with van der Waals surface area (Å²) in [5.41, 5.74) is 3.37. The van der Waals surface area contributed by atoms with Gasteiger partial charge in [-0.2, -0.15) is 0 Å². The fourth-order valence-electron chi connectivity index (χ4n) is 2.00. The largest absolute Gasteiger partial charge is 0.312 e. The number of aromatic nitrogens is 2. The molecule has 0 radical (unpaired) electrons. The molecular weight excluding hydrogens is 268 g/mol. The van der Waals surface area contributed by atoms with Crippen molar-refractivity contribution < 1.29 is 0 Å². The van der Waals surface area contributed by atoms with Crippen LogP contribution in [0.5, 0.6) is 0 Å². The van der Waals surface area contributed by atoms with Crippen LogP contribution in [-0.4, -0.2) is 9.55 Å². The Bertz CT molecular complexity index is 699. The zero-order chi connectivity index (χ0) is 13.8. The van der Waals surface area contributed by atoms with Crippen molar-refractivity contribution in [3.8, 4) is 11.1 Å². The van der Waals surface area contributed by atoms with E-state index >= 15 is 0 Å². The van der Waals surface area contributed by atoms with Gasteiger partial charge in [0.15, 0.2) is 0 Å². The molecule has 0 bridgehead atoms. The Morgan fingerprint density at radius 2 is 1.65 bits per heavy atom. The second-order valence-corrected chi connectivity index (χ2v) is 4.84. The van der Waals surface area contributed by atoms with Crippen molar-refractivity contribution in [2.24, 2.45) is 0 Å². The summed E-state index contributed by atoms with van der Waals surface area (Å²) in [6, 6.07) is 18.5. The molecule has 0 unspecified atom stereocenters. The molecule has 98 valence electrons. The van der Waals surface area contributed by atoms with E-state index in [-0.39, 0.29) is 0 Å². The summed E-state index contributed by atoms with van der Waals surface area (Å²) in [5, 5.41) is 0.683. The number of imidazole rings is 1. The van der Waals surface area contributed by atoms with Gasteiger partial charge in [-0.1, -0.05) is 66.2 Å². The van der Waals surface area contributed by atoms with E-state index in [4.69, 9.17) is 11.6 Å². The van der Waals surface area contributed by atoms with Gasteiger partial charge in [-0.3, -0.25) is 0 Å². The normalized spacial score (nSPS) is 11.6. The molecule has 0 spiro atoms. The summed E-state index contributed by atoms with van der Waals surface area (Å²) in [6.45, 7) is 0. The van der Waals surface area contributed by atoms with Crippen molar-refractivity contribution in [3.05, 3.63) is 78.9 Å². The van der Waals surface area contributed by atoms with E-state index in [9.17, 15) is 0 Å². The summed E-state index contributed by atoms with van der Waals surface area (Å²) >= 11 is 6.31. The molecule has 3 heteroatoms. The molecule has 0 aliphatic rings. The Morgan fingerprint density at radius 3 is 2.30 bits per heavy atom. The lowest BCUT2D eigenvalue weighted by Gasteiger charge is -2.04. The highest BCUT2D eigenvalue weighted by atomic mass is 35.5. The van der Waals surface area contributed by atoms with Crippen LogP contribution >= 0.6 is 11.6 Å². The topological polar surface area (TPSA) is 17.8 Å². The highest BCUT2D eigenvalue weighted by molar-refractivity contribution is 6.50. The molecule has 0 aliphatic heterocycles. The van der Waals surface area contributed by atoms with Crippen LogP contribution < -0.4 is 0 Å². The van der Waals surface area contributed by atoms with E-state index < -0.39 is 0 Å². The van der Waals surface area contributed by atoms with Crippen molar-refractivity contribution in [2.75, 3.05) is 0 Å². The van der Waals surface area contributed by atoms with Crippen molar-refractivity contribution in [1.82, 2.24) is 9.55 Å². The predicted octanol–water partition coefficient (Wildman–Crippen LogP) is 4.74. The van der Waals surface area contributed by atoms with E-state index in [0.29, 0.717) is 5.03 Å². The fraction of sp³-hybridized carbons (Fsp3) is 0. The van der Waals surface area contributed by atoms with Gasteiger partial charge in [-0.15, -0.1) is 0 Å². The van der Waals surface area contributed by atoms with Crippen LogP contribution in [0.4, 0.5) is 0 Å². The third kappa shape index (κ3) is 2.81. The maximum absolute atomic E-state index is 6.31. The van der Waals surface area contributed by atoms with E-state index in [1.807, 2.05) is 47.3 Å². The average molecular weight is 281 g/mol. The van der Waals surface area contributed by atoms with Gasteiger partial charge in [0, 0.05) is 18.6 Å². The Hall–Kier alpha value is -2.32. The Morgan fingerprint density at radius 1 is 0.950 bits per heavy atom. The van der Waals surface area contributed by atoms with Crippen LogP contribution in [0.3, 0.4) is 0 Å². The standard InChI is InChI=1S/C17H13ClN2/c18-17(12-20-11-10-19-13-20)16-8-6-15(7-9-16)14-4-2-1-3-5-14/h1-13H/b17-12+. The average Bonchev–Trinajstić information content (AvgIpc) is 3.01. The third-order valence-electron chi connectivity index (χ3n) is 3.06. The van der Waals surface area contributed by atoms with Crippen LogP contribution in [0.1, 0.15) is 5.56 Å². The van der Waals surface area contributed by atoms with E-state index in [1.165, 1.54) is 11.1 Å². The molecule has 0 aliphatic carbocycles. The second kappa shape index (κ2) is 5.76. The molecule has 0 saturated carbocycles. The molecule has 1 aromatic heterocycles. The minimum absolute atomic E-state index is 0.683. The molecule has 2 aromatic carbocycles. The smallest absolute Gasteiger partial charge is 0.0987 e. The zero-order valence-electron chi connectivity index (χ0n) is 10.8. The molecule has 3 aromatic rings. The first-order chi connectivity index (χ1) is 9.83. The van der Waals surface area contributed by atoms with Crippen LogP contribution in [0.25, 0.3) is 22.4 Å². The number of hydrogen-bond donors (Lipinski definition) is 0. The molecule has 2 nitrogen and oxygen atoms in total. The highest BCUT2D eigenvalue weighted by Gasteiger charge is 2.00. The van der Waals surface area contributed by atoms with E-state index in [2.05, 4.69) is 29.2 Å². The fourth-order valence-corrected chi connectivity index (χ4v) is 2.24. The van der Waals surface area contributed by atoms with Crippen LogP contribution in [0, 0.1) is 0 Å². The molecule has 1 heterocycles. The molecular formula is C17H13ClN2. The van der Waals surface area contributed by atoms with E-state index in [1.54, 1.807) is 12.5 Å². The van der Waals surface area contributed by atoms with Gasteiger partial charge in [0.2, 0.25) is 0 Å². The van der Waals surface area contributed by atoms with E-state index in [0.717, 1.165) is 5.56 Å². The highest BCUT2D eigenvalue weighted by Crippen LogP contribution is 2.24. The number of rotatable bonds is 3. The number of hydrogen-bond acceptors (Lipinski definition) is 1. The predicted molar refractivity (Wildman–Crippen MR) is 84.1 cm³/mol. The van der Waals surface area contributed by atoms with Crippen LogP contribution in [0.15, 0.2) is 73.3 Å². The summed E-state index contributed by atoms with van der Waals surface area (Å²) in [4.78, 5) is 3.98. The molecule has 0 saturated heterocycles. The van der Waals surface area contributed by atoms with Gasteiger partial charge >= 0.3 is 0 Å². The van der Waals surface area contributed by atoms with Gasteiger partial charge in [-0.25, -0.2) is 4.98 Å². The molecule has 0 N–H and O–H groups in total. The minimum Gasteiger partial charge on any atom is -0.312 e. The summed E-state index contributed by atoms with van der Waals surface area (Å²) in [5.74, 6) is 0. The Balaban J connectivity index is 1.87. The maximum Gasteiger partial charge on any atom is 0.0987 e. The number of nitrogens with zero attached hydrogens (tertiary/aromatic N) is 2. The van der Waals surface area contributed by atoms with Gasteiger partial charge in [0.1, 0.15) is 0 Å². The lowest BCUT2D eigenvalue weighted by molar-refractivity contribution is 1.14. The first-order valence-corrected chi connectivity index (χ1v) is 6.71. The summed E-state index contributed by atoms with van der Waals surface area (Å²) in [6.07, 6.45) is 7.12. The van der Waals surface area contributed by atoms with Crippen molar-refractivity contribution in [3.63, 3.8) is 0 Å².